The molecule has 6 nitrogen and oxygen atoms in total. The molecule has 6 heteroatoms. The first-order valence-electron chi connectivity index (χ1n) is 8.78. The summed E-state index contributed by atoms with van der Waals surface area (Å²) >= 11 is 0. The number of anilines is 1. The van der Waals surface area contributed by atoms with Gasteiger partial charge in [-0.3, -0.25) is 9.78 Å². The van der Waals surface area contributed by atoms with E-state index >= 15 is 0 Å². The van der Waals surface area contributed by atoms with Gasteiger partial charge in [0.2, 0.25) is 5.91 Å². The molecule has 2 atom stereocenters. The smallest absolute Gasteiger partial charge is 0.228 e. The number of carbonyl (C=O) groups excluding carboxylic acids is 1. The molecule has 138 valence electrons. The Morgan fingerprint density at radius 2 is 2.19 bits per heavy atom. The van der Waals surface area contributed by atoms with Crippen LogP contribution in [0.15, 0.2) is 65.5 Å². The maximum absolute atomic E-state index is 12.5. The van der Waals surface area contributed by atoms with Gasteiger partial charge in [0.25, 0.3) is 0 Å². The van der Waals surface area contributed by atoms with E-state index in [9.17, 15) is 4.79 Å². The fourth-order valence-electron chi connectivity index (χ4n) is 3.05. The van der Waals surface area contributed by atoms with Crippen molar-refractivity contribution in [2.75, 3.05) is 12.4 Å². The third-order valence-corrected chi connectivity index (χ3v) is 4.58. The normalized spacial score (nSPS) is 18.0. The van der Waals surface area contributed by atoms with Crippen molar-refractivity contribution in [2.45, 2.75) is 18.9 Å². The summed E-state index contributed by atoms with van der Waals surface area (Å²) in [6.45, 7) is 0.366. The van der Waals surface area contributed by atoms with E-state index in [1.807, 2.05) is 24.3 Å². The molecule has 1 N–H and O–H groups in total. The number of hydrogen-bond acceptors (Lipinski definition) is 5. The Bertz CT molecular complexity index is 909. The van der Waals surface area contributed by atoms with Crippen molar-refractivity contribution in [3.05, 3.63) is 72.4 Å². The molecule has 1 aromatic carbocycles. The second-order valence-electron chi connectivity index (χ2n) is 6.47. The number of furan rings is 1. The number of rotatable bonds is 7. The Morgan fingerprint density at radius 3 is 2.93 bits per heavy atom. The van der Waals surface area contributed by atoms with E-state index in [1.165, 1.54) is 0 Å². The first kappa shape index (κ1) is 17.1. The van der Waals surface area contributed by atoms with Crippen molar-refractivity contribution in [2.24, 2.45) is 5.92 Å². The van der Waals surface area contributed by atoms with Crippen LogP contribution in [0.3, 0.4) is 0 Å². The number of pyridine rings is 1. The van der Waals surface area contributed by atoms with E-state index in [2.05, 4.69) is 10.3 Å². The molecule has 1 amide bonds. The summed E-state index contributed by atoms with van der Waals surface area (Å²) in [6.07, 6.45) is 5.91. The van der Waals surface area contributed by atoms with Gasteiger partial charge in [0.05, 0.1) is 13.4 Å². The molecular formula is C21H20N2O4. The monoisotopic (exact) mass is 364 g/mol. The van der Waals surface area contributed by atoms with Crippen molar-refractivity contribution in [3.8, 4) is 11.5 Å². The van der Waals surface area contributed by atoms with E-state index in [-0.39, 0.29) is 17.7 Å². The van der Waals surface area contributed by atoms with Crippen LogP contribution in [-0.2, 0) is 11.4 Å². The number of ether oxygens (including phenoxy) is 2. The molecule has 3 aromatic rings. The van der Waals surface area contributed by atoms with E-state index in [0.717, 1.165) is 17.7 Å². The molecule has 2 unspecified atom stereocenters. The predicted molar refractivity (Wildman–Crippen MR) is 99.7 cm³/mol. The summed E-state index contributed by atoms with van der Waals surface area (Å²) in [5.74, 6) is 2.14. The number of nitrogens with zero attached hydrogens (tertiary/aromatic N) is 1. The average molecular weight is 364 g/mol. The topological polar surface area (TPSA) is 73.6 Å². The highest BCUT2D eigenvalue weighted by Crippen LogP contribution is 2.48. The molecule has 1 aliphatic carbocycles. The Kier molecular flexibility index (Phi) is 4.78. The van der Waals surface area contributed by atoms with E-state index in [4.69, 9.17) is 13.9 Å². The Morgan fingerprint density at radius 1 is 1.26 bits per heavy atom. The molecule has 27 heavy (non-hydrogen) atoms. The first-order valence-corrected chi connectivity index (χ1v) is 8.78. The van der Waals surface area contributed by atoms with Gasteiger partial charge in [0.15, 0.2) is 11.5 Å². The van der Waals surface area contributed by atoms with Gasteiger partial charge in [-0.25, -0.2) is 0 Å². The lowest BCUT2D eigenvalue weighted by Crippen LogP contribution is -2.14. The molecule has 4 rings (SSSR count). The predicted octanol–water partition coefficient (Wildman–Crippen LogP) is 4.00. The van der Waals surface area contributed by atoms with Crippen molar-refractivity contribution in [1.82, 2.24) is 4.98 Å². The van der Waals surface area contributed by atoms with Gasteiger partial charge in [-0.2, -0.15) is 0 Å². The summed E-state index contributed by atoms with van der Waals surface area (Å²) in [7, 11) is 1.59. The van der Waals surface area contributed by atoms with E-state index < -0.39 is 0 Å². The van der Waals surface area contributed by atoms with Gasteiger partial charge in [-0.1, -0.05) is 6.07 Å². The minimum absolute atomic E-state index is 0.0141. The Hall–Kier alpha value is -3.28. The largest absolute Gasteiger partial charge is 0.493 e. The zero-order chi connectivity index (χ0) is 18.6. The average Bonchev–Trinajstić information content (AvgIpc) is 3.32. The van der Waals surface area contributed by atoms with E-state index in [1.54, 1.807) is 44.0 Å². The quantitative estimate of drug-likeness (QED) is 0.686. The molecule has 2 aromatic heterocycles. The molecule has 0 saturated heterocycles. The van der Waals surface area contributed by atoms with Gasteiger partial charge < -0.3 is 19.2 Å². The number of methoxy groups -OCH3 is 1. The standard InChI is InChI=1S/C21H20N2O4/c1-25-19-7-6-15(10-20(19)27-13-14-4-2-8-22-12-14)23-21(24)17-11-16(17)18-5-3-9-26-18/h2-10,12,16-17H,11,13H2,1H3,(H,23,24). The van der Waals surface area contributed by atoms with Crippen LogP contribution in [0.4, 0.5) is 5.69 Å². The third-order valence-electron chi connectivity index (χ3n) is 4.58. The van der Waals surface area contributed by atoms with Gasteiger partial charge in [0, 0.05) is 41.5 Å². The lowest BCUT2D eigenvalue weighted by molar-refractivity contribution is -0.117. The minimum Gasteiger partial charge on any atom is -0.493 e. The van der Waals surface area contributed by atoms with Crippen LogP contribution in [0.1, 0.15) is 23.7 Å². The van der Waals surface area contributed by atoms with Crippen molar-refractivity contribution in [1.29, 1.82) is 0 Å². The minimum atomic E-state index is -0.0574. The van der Waals surface area contributed by atoms with Crippen LogP contribution in [0, 0.1) is 5.92 Å². The number of hydrogen-bond donors (Lipinski definition) is 1. The zero-order valence-corrected chi connectivity index (χ0v) is 14.9. The van der Waals surface area contributed by atoms with Crippen molar-refractivity contribution in [3.63, 3.8) is 0 Å². The summed E-state index contributed by atoms with van der Waals surface area (Å²) in [5.41, 5.74) is 1.63. The molecule has 0 bridgehead atoms. The van der Waals surface area contributed by atoms with E-state index in [0.29, 0.717) is 23.8 Å². The summed E-state index contributed by atoms with van der Waals surface area (Å²) in [4.78, 5) is 16.6. The molecule has 0 spiro atoms. The summed E-state index contributed by atoms with van der Waals surface area (Å²) in [5, 5.41) is 2.96. The lowest BCUT2D eigenvalue weighted by atomic mass is 10.2. The molecule has 1 saturated carbocycles. The highest BCUT2D eigenvalue weighted by atomic mass is 16.5. The van der Waals surface area contributed by atoms with Gasteiger partial charge in [-0.05, 0) is 36.8 Å². The molecule has 1 fully saturated rings. The fourth-order valence-corrected chi connectivity index (χ4v) is 3.05. The molecule has 0 radical (unpaired) electrons. The van der Waals surface area contributed by atoms with Crippen LogP contribution in [0.5, 0.6) is 11.5 Å². The third kappa shape index (κ3) is 3.95. The molecule has 2 heterocycles. The van der Waals surface area contributed by atoms with Crippen LogP contribution in [0.2, 0.25) is 0 Å². The van der Waals surface area contributed by atoms with Crippen LogP contribution in [-0.4, -0.2) is 18.0 Å². The van der Waals surface area contributed by atoms with Gasteiger partial charge in [0.1, 0.15) is 12.4 Å². The summed E-state index contributed by atoms with van der Waals surface area (Å²) in [6, 6.07) is 12.9. The second-order valence-corrected chi connectivity index (χ2v) is 6.47. The first-order chi connectivity index (χ1) is 13.2. The number of aromatic nitrogens is 1. The zero-order valence-electron chi connectivity index (χ0n) is 14.9. The van der Waals surface area contributed by atoms with Crippen molar-refractivity contribution >= 4 is 11.6 Å². The Balaban J connectivity index is 1.42. The molecule has 1 aliphatic rings. The molecular weight excluding hydrogens is 344 g/mol. The van der Waals surface area contributed by atoms with Gasteiger partial charge in [-0.15, -0.1) is 0 Å². The molecule has 0 aliphatic heterocycles. The fraction of sp³-hybridized carbons (Fsp3) is 0.238. The number of amides is 1. The van der Waals surface area contributed by atoms with Crippen LogP contribution in [0.25, 0.3) is 0 Å². The second kappa shape index (κ2) is 7.53. The number of carbonyl (C=O) groups is 1. The van der Waals surface area contributed by atoms with Gasteiger partial charge >= 0.3 is 0 Å². The van der Waals surface area contributed by atoms with Crippen LogP contribution < -0.4 is 14.8 Å². The Labute approximate surface area is 157 Å². The summed E-state index contributed by atoms with van der Waals surface area (Å²) < 4.78 is 16.6. The van der Waals surface area contributed by atoms with Crippen molar-refractivity contribution < 1.29 is 18.7 Å². The maximum Gasteiger partial charge on any atom is 0.228 e. The van der Waals surface area contributed by atoms with Crippen LogP contribution >= 0.6 is 0 Å². The number of nitrogens with one attached hydrogen (secondary N) is 1. The highest BCUT2D eigenvalue weighted by Gasteiger charge is 2.45. The number of benzene rings is 1. The highest BCUT2D eigenvalue weighted by molar-refractivity contribution is 5.95. The lowest BCUT2D eigenvalue weighted by Gasteiger charge is -2.13. The maximum atomic E-state index is 12.5. The SMILES string of the molecule is COc1ccc(NC(=O)C2CC2c2ccco2)cc1OCc1cccnc1.